The number of hydrogen-bond acceptors (Lipinski definition) is 1. The smallest absolute Gasteiger partial charge is 0.136 e. The Labute approximate surface area is 307 Å². The van der Waals surface area contributed by atoms with E-state index in [0.29, 0.717) is 0 Å². The molecule has 53 heavy (non-hydrogen) atoms. The molecular formula is C52H32O. The van der Waals surface area contributed by atoms with E-state index in [-0.39, 0.29) is 0 Å². The van der Waals surface area contributed by atoms with Crippen LogP contribution in [-0.2, 0) is 0 Å². The van der Waals surface area contributed by atoms with Gasteiger partial charge in [0.05, 0.1) is 0 Å². The van der Waals surface area contributed by atoms with E-state index in [1.807, 2.05) is 0 Å². The predicted molar refractivity (Wildman–Crippen MR) is 225 cm³/mol. The average Bonchev–Trinajstić information content (AvgIpc) is 3.61. The molecule has 11 aromatic rings. The van der Waals surface area contributed by atoms with Gasteiger partial charge in [-0.25, -0.2) is 0 Å². The molecule has 1 heterocycles. The van der Waals surface area contributed by atoms with Crippen LogP contribution in [0, 0.1) is 0 Å². The van der Waals surface area contributed by atoms with Crippen molar-refractivity contribution in [2.45, 2.75) is 0 Å². The fraction of sp³-hybridized carbons (Fsp3) is 0. The first-order valence-electron chi connectivity index (χ1n) is 18.2. The molecule has 10 aromatic carbocycles. The van der Waals surface area contributed by atoms with Gasteiger partial charge in [0.25, 0.3) is 0 Å². The Hall–Kier alpha value is -6.96. The molecule has 11 rings (SSSR count). The van der Waals surface area contributed by atoms with Crippen molar-refractivity contribution in [1.29, 1.82) is 0 Å². The van der Waals surface area contributed by atoms with Gasteiger partial charge in [-0.2, -0.15) is 0 Å². The Morgan fingerprint density at radius 1 is 0.245 bits per heavy atom. The topological polar surface area (TPSA) is 13.1 Å². The highest BCUT2D eigenvalue weighted by molar-refractivity contribution is 6.22. The maximum atomic E-state index is 6.29. The van der Waals surface area contributed by atoms with Crippen molar-refractivity contribution in [1.82, 2.24) is 0 Å². The lowest BCUT2D eigenvalue weighted by molar-refractivity contribution is 0.669. The Bertz CT molecular complexity index is 3140. The fourth-order valence-corrected chi connectivity index (χ4v) is 8.50. The van der Waals surface area contributed by atoms with Crippen LogP contribution < -0.4 is 0 Å². The molecule has 1 aromatic heterocycles. The number of benzene rings is 10. The van der Waals surface area contributed by atoms with E-state index >= 15 is 0 Å². The molecule has 0 aliphatic rings. The minimum absolute atomic E-state index is 0.915. The largest absolute Gasteiger partial charge is 0.456 e. The minimum atomic E-state index is 0.915. The van der Waals surface area contributed by atoms with Gasteiger partial charge in [0, 0.05) is 10.8 Å². The second-order valence-corrected chi connectivity index (χ2v) is 14.0. The van der Waals surface area contributed by atoms with Gasteiger partial charge in [0.1, 0.15) is 11.2 Å². The highest BCUT2D eigenvalue weighted by atomic mass is 16.3. The van der Waals surface area contributed by atoms with Crippen LogP contribution in [0.2, 0.25) is 0 Å². The second-order valence-electron chi connectivity index (χ2n) is 14.0. The summed E-state index contributed by atoms with van der Waals surface area (Å²) in [7, 11) is 0. The van der Waals surface area contributed by atoms with Crippen LogP contribution in [0.1, 0.15) is 0 Å². The zero-order valence-corrected chi connectivity index (χ0v) is 28.9. The lowest BCUT2D eigenvalue weighted by atomic mass is 9.85. The van der Waals surface area contributed by atoms with Crippen LogP contribution in [0.25, 0.3) is 110 Å². The number of fused-ring (bicyclic) bond motifs is 8. The first kappa shape index (κ1) is 29.7. The quantitative estimate of drug-likeness (QED) is 0.170. The third-order valence-corrected chi connectivity index (χ3v) is 11.1. The summed E-state index contributed by atoms with van der Waals surface area (Å²) in [5.41, 5.74) is 11.6. The number of rotatable bonds is 4. The van der Waals surface area contributed by atoms with Gasteiger partial charge in [0.15, 0.2) is 0 Å². The molecule has 1 heteroatoms. The van der Waals surface area contributed by atoms with Gasteiger partial charge in [-0.05, 0) is 112 Å². The highest BCUT2D eigenvalue weighted by Crippen LogP contribution is 2.44. The maximum absolute atomic E-state index is 6.29. The van der Waals surface area contributed by atoms with Gasteiger partial charge in [-0.15, -0.1) is 0 Å². The van der Waals surface area contributed by atoms with Crippen LogP contribution in [0.15, 0.2) is 199 Å². The maximum Gasteiger partial charge on any atom is 0.136 e. The molecule has 0 bridgehead atoms. The molecule has 0 N–H and O–H groups in total. The van der Waals surface area contributed by atoms with Crippen LogP contribution in [0.4, 0.5) is 0 Å². The number of furan rings is 1. The molecule has 1 nitrogen and oxygen atoms in total. The van der Waals surface area contributed by atoms with Gasteiger partial charge >= 0.3 is 0 Å². The SMILES string of the molecule is c1ccc2cc(-c3ccc(-c4c5ccccc5c(-c5ccc(-c6ccc7oc8ccc9ccccc9c8c7c6)cc5)c5ccccc45)cc3)ccc2c1. The molecule has 0 atom stereocenters. The summed E-state index contributed by atoms with van der Waals surface area (Å²) >= 11 is 0. The van der Waals surface area contributed by atoms with Crippen molar-refractivity contribution in [2.75, 3.05) is 0 Å². The van der Waals surface area contributed by atoms with E-state index in [1.165, 1.54) is 93.0 Å². The molecule has 0 saturated carbocycles. The summed E-state index contributed by atoms with van der Waals surface area (Å²) in [5.74, 6) is 0. The third-order valence-electron chi connectivity index (χ3n) is 11.1. The van der Waals surface area contributed by atoms with Crippen molar-refractivity contribution in [2.24, 2.45) is 0 Å². The Morgan fingerprint density at radius 3 is 1.26 bits per heavy atom. The molecule has 0 unspecified atom stereocenters. The summed E-state index contributed by atoms with van der Waals surface area (Å²) in [6.07, 6.45) is 0. The van der Waals surface area contributed by atoms with Crippen molar-refractivity contribution in [3.8, 4) is 44.5 Å². The normalized spacial score (nSPS) is 11.8. The van der Waals surface area contributed by atoms with Gasteiger partial charge < -0.3 is 4.42 Å². The summed E-state index contributed by atoms with van der Waals surface area (Å²) in [5, 5.41) is 12.3. The van der Waals surface area contributed by atoms with E-state index < -0.39 is 0 Å². The van der Waals surface area contributed by atoms with Crippen LogP contribution in [-0.4, -0.2) is 0 Å². The molecule has 0 fully saturated rings. The van der Waals surface area contributed by atoms with E-state index in [4.69, 9.17) is 4.42 Å². The van der Waals surface area contributed by atoms with E-state index in [1.54, 1.807) is 0 Å². The average molecular weight is 673 g/mol. The Morgan fingerprint density at radius 2 is 0.660 bits per heavy atom. The van der Waals surface area contributed by atoms with E-state index in [0.717, 1.165) is 16.6 Å². The molecule has 0 aliphatic heterocycles. The van der Waals surface area contributed by atoms with Crippen LogP contribution in [0.5, 0.6) is 0 Å². The molecule has 0 radical (unpaired) electrons. The second kappa shape index (κ2) is 11.8. The van der Waals surface area contributed by atoms with Gasteiger partial charge in [-0.1, -0.05) is 170 Å². The summed E-state index contributed by atoms with van der Waals surface area (Å²) in [6, 6.07) is 70.6. The lowest BCUT2D eigenvalue weighted by Gasteiger charge is -2.18. The summed E-state index contributed by atoms with van der Waals surface area (Å²) in [4.78, 5) is 0. The zero-order valence-electron chi connectivity index (χ0n) is 28.9. The van der Waals surface area contributed by atoms with Crippen molar-refractivity contribution < 1.29 is 4.42 Å². The fourth-order valence-electron chi connectivity index (χ4n) is 8.50. The first-order chi connectivity index (χ1) is 26.3. The van der Waals surface area contributed by atoms with Crippen molar-refractivity contribution in [3.05, 3.63) is 194 Å². The monoisotopic (exact) mass is 672 g/mol. The molecule has 246 valence electrons. The van der Waals surface area contributed by atoms with Crippen molar-refractivity contribution >= 4 is 65.0 Å². The Kier molecular flexibility index (Phi) is 6.62. The standard InChI is InChI=1S/C52H32O/c1-2-11-39-31-40(26-21-33(39)9-1)34-17-22-37(23-18-34)50-43-13-5-7-15-45(43)51(46-16-8-6-14-44(46)50)38-24-19-35(20-25-38)41-28-29-48-47(32-41)52-42-12-4-3-10-36(42)27-30-49(52)53-48/h1-32H. The minimum Gasteiger partial charge on any atom is -0.456 e. The van der Waals surface area contributed by atoms with E-state index in [2.05, 4.69) is 194 Å². The molecule has 0 saturated heterocycles. The molecule has 0 amide bonds. The Balaban J connectivity index is 1.02. The number of hydrogen-bond donors (Lipinski definition) is 0. The van der Waals surface area contributed by atoms with E-state index in [9.17, 15) is 0 Å². The summed E-state index contributed by atoms with van der Waals surface area (Å²) in [6.45, 7) is 0. The first-order valence-corrected chi connectivity index (χ1v) is 18.2. The van der Waals surface area contributed by atoms with Crippen LogP contribution in [0.3, 0.4) is 0 Å². The lowest BCUT2D eigenvalue weighted by Crippen LogP contribution is -1.91. The third kappa shape index (κ3) is 4.79. The summed E-state index contributed by atoms with van der Waals surface area (Å²) < 4.78 is 6.29. The van der Waals surface area contributed by atoms with Gasteiger partial charge in [-0.3, -0.25) is 0 Å². The van der Waals surface area contributed by atoms with Gasteiger partial charge in [0.2, 0.25) is 0 Å². The van der Waals surface area contributed by atoms with Crippen LogP contribution >= 0.6 is 0 Å². The van der Waals surface area contributed by atoms with Crippen molar-refractivity contribution in [3.63, 3.8) is 0 Å². The zero-order chi connectivity index (χ0) is 34.9. The predicted octanol–water partition coefficient (Wildman–Crippen LogP) is 14.9. The molecular weight excluding hydrogens is 641 g/mol. The molecule has 0 aliphatic carbocycles. The molecule has 0 spiro atoms. The highest BCUT2D eigenvalue weighted by Gasteiger charge is 2.17.